The first kappa shape index (κ1) is 14.1. The summed E-state index contributed by atoms with van der Waals surface area (Å²) in [6.45, 7) is 2.22. The number of ether oxygens (including phenoxy) is 3. The molecule has 1 N–H and O–H groups in total. The fraction of sp³-hybridized carbons (Fsp3) is 0.417. The number of methoxy groups -OCH3 is 1. The number of amides is 1. The zero-order chi connectivity index (χ0) is 14.7. The van der Waals surface area contributed by atoms with E-state index in [9.17, 15) is 14.9 Å². The van der Waals surface area contributed by atoms with Gasteiger partial charge in [0.05, 0.1) is 11.0 Å². The summed E-state index contributed by atoms with van der Waals surface area (Å²) in [4.78, 5) is 22.2. The third-order valence-electron chi connectivity index (χ3n) is 2.84. The quantitative estimate of drug-likeness (QED) is 0.660. The molecule has 1 aromatic rings. The van der Waals surface area contributed by atoms with Crippen molar-refractivity contribution < 1.29 is 23.9 Å². The van der Waals surface area contributed by atoms with Gasteiger partial charge in [0, 0.05) is 13.2 Å². The van der Waals surface area contributed by atoms with Gasteiger partial charge in [-0.15, -0.1) is 0 Å². The number of carbonyl (C=O) groups excluding carboxylic acids is 1. The van der Waals surface area contributed by atoms with Gasteiger partial charge >= 0.3 is 0 Å². The lowest BCUT2D eigenvalue weighted by molar-refractivity contribution is -0.384. The molecule has 0 saturated heterocycles. The highest BCUT2D eigenvalue weighted by Crippen LogP contribution is 2.39. The monoisotopic (exact) mass is 282 g/mol. The van der Waals surface area contributed by atoms with E-state index < -0.39 is 16.9 Å². The number of nitrogens with one attached hydrogen (secondary N) is 1. The summed E-state index contributed by atoms with van der Waals surface area (Å²) in [6.07, 6.45) is -0.720. The standard InChI is InChI=1S/C12H14N2O6/c1-7(18-2)12(15)13-8-5-10-11(20-4-3-19-10)6-9(8)14(16)17/h5-7H,3-4H2,1-2H3,(H,13,15). The minimum Gasteiger partial charge on any atom is -0.486 e. The van der Waals surface area contributed by atoms with E-state index in [0.717, 1.165) is 0 Å². The molecule has 0 spiro atoms. The third kappa shape index (κ3) is 2.80. The molecule has 1 aliphatic rings. The largest absolute Gasteiger partial charge is 0.486 e. The van der Waals surface area contributed by atoms with Gasteiger partial charge in [-0.3, -0.25) is 14.9 Å². The summed E-state index contributed by atoms with van der Waals surface area (Å²) in [5.41, 5.74) is -0.209. The van der Waals surface area contributed by atoms with Crippen LogP contribution in [0.3, 0.4) is 0 Å². The molecular weight excluding hydrogens is 268 g/mol. The number of rotatable bonds is 4. The zero-order valence-corrected chi connectivity index (χ0v) is 11.0. The number of hydrogen-bond donors (Lipinski definition) is 1. The van der Waals surface area contributed by atoms with Crippen LogP contribution < -0.4 is 14.8 Å². The first-order valence-corrected chi connectivity index (χ1v) is 5.94. The number of nitrogens with zero attached hydrogens (tertiary/aromatic N) is 1. The average Bonchev–Trinajstić information content (AvgIpc) is 2.45. The van der Waals surface area contributed by atoms with Crippen LogP contribution in [0.5, 0.6) is 11.5 Å². The van der Waals surface area contributed by atoms with Crippen molar-refractivity contribution in [2.75, 3.05) is 25.6 Å². The Hall–Kier alpha value is -2.35. The van der Waals surface area contributed by atoms with Crippen LogP contribution in [0.4, 0.5) is 11.4 Å². The number of hydrogen-bond acceptors (Lipinski definition) is 6. The van der Waals surface area contributed by atoms with Crippen molar-refractivity contribution in [2.24, 2.45) is 0 Å². The molecule has 0 aromatic heterocycles. The molecule has 0 fully saturated rings. The Balaban J connectivity index is 2.35. The average molecular weight is 282 g/mol. The van der Waals surface area contributed by atoms with Gasteiger partial charge in [-0.1, -0.05) is 0 Å². The lowest BCUT2D eigenvalue weighted by atomic mass is 10.2. The number of benzene rings is 1. The number of nitro benzene ring substituents is 1. The summed E-state index contributed by atoms with van der Waals surface area (Å²) in [7, 11) is 1.38. The molecule has 1 unspecified atom stereocenters. The van der Waals surface area contributed by atoms with E-state index in [4.69, 9.17) is 14.2 Å². The van der Waals surface area contributed by atoms with Crippen molar-refractivity contribution in [1.29, 1.82) is 0 Å². The van der Waals surface area contributed by atoms with Crippen molar-refractivity contribution >= 4 is 17.3 Å². The fourth-order valence-corrected chi connectivity index (χ4v) is 1.67. The first-order valence-electron chi connectivity index (χ1n) is 5.94. The van der Waals surface area contributed by atoms with Crippen LogP contribution >= 0.6 is 0 Å². The smallest absolute Gasteiger partial charge is 0.296 e. The molecule has 0 bridgehead atoms. The van der Waals surface area contributed by atoms with E-state index in [2.05, 4.69) is 5.32 Å². The third-order valence-corrected chi connectivity index (χ3v) is 2.84. The number of nitro groups is 1. The van der Waals surface area contributed by atoms with E-state index in [0.29, 0.717) is 24.7 Å². The molecule has 1 heterocycles. The van der Waals surface area contributed by atoms with Crippen molar-refractivity contribution in [1.82, 2.24) is 0 Å². The fourth-order valence-electron chi connectivity index (χ4n) is 1.67. The highest BCUT2D eigenvalue weighted by atomic mass is 16.6. The maximum Gasteiger partial charge on any atom is 0.296 e. The second kappa shape index (κ2) is 5.74. The molecule has 2 rings (SSSR count). The summed E-state index contributed by atoms with van der Waals surface area (Å²) in [5.74, 6) is 0.176. The second-order valence-electron chi connectivity index (χ2n) is 4.14. The van der Waals surface area contributed by atoms with E-state index >= 15 is 0 Å². The minimum absolute atomic E-state index is 0.0492. The van der Waals surface area contributed by atoms with Crippen LogP contribution in [0.25, 0.3) is 0 Å². The summed E-state index contributed by atoms with van der Waals surface area (Å²) in [6, 6.07) is 2.62. The topological polar surface area (TPSA) is 99.9 Å². The van der Waals surface area contributed by atoms with Gasteiger partial charge in [0.1, 0.15) is 25.0 Å². The van der Waals surface area contributed by atoms with Crippen molar-refractivity contribution in [3.8, 4) is 11.5 Å². The van der Waals surface area contributed by atoms with Crippen LogP contribution in [-0.2, 0) is 9.53 Å². The Morgan fingerprint density at radius 3 is 2.55 bits per heavy atom. The van der Waals surface area contributed by atoms with E-state index in [-0.39, 0.29) is 11.4 Å². The number of carbonyl (C=O) groups is 1. The van der Waals surface area contributed by atoms with Gasteiger partial charge < -0.3 is 19.5 Å². The normalized spacial score (nSPS) is 14.5. The molecule has 0 radical (unpaired) electrons. The molecule has 1 aliphatic heterocycles. The van der Waals surface area contributed by atoms with Gasteiger partial charge in [0.25, 0.3) is 11.6 Å². The maximum atomic E-state index is 11.8. The van der Waals surface area contributed by atoms with Crippen molar-refractivity contribution in [2.45, 2.75) is 13.0 Å². The predicted molar refractivity (Wildman–Crippen MR) is 69.2 cm³/mol. The predicted octanol–water partition coefficient (Wildman–Crippen LogP) is 1.34. The number of fused-ring (bicyclic) bond motifs is 1. The molecule has 0 saturated carbocycles. The Bertz CT molecular complexity index is 545. The highest BCUT2D eigenvalue weighted by molar-refractivity contribution is 5.96. The molecule has 108 valence electrons. The Morgan fingerprint density at radius 1 is 1.40 bits per heavy atom. The van der Waals surface area contributed by atoms with Crippen LogP contribution in [-0.4, -0.2) is 37.3 Å². The Labute approximate surface area is 114 Å². The molecule has 1 atom stereocenters. The number of anilines is 1. The van der Waals surface area contributed by atoms with Gasteiger partial charge in [0.15, 0.2) is 11.5 Å². The van der Waals surface area contributed by atoms with E-state index in [1.165, 1.54) is 19.2 Å². The van der Waals surface area contributed by atoms with E-state index in [1.54, 1.807) is 6.92 Å². The van der Waals surface area contributed by atoms with Crippen LogP contribution in [0.2, 0.25) is 0 Å². The lowest BCUT2D eigenvalue weighted by Gasteiger charge is -2.19. The van der Waals surface area contributed by atoms with Crippen LogP contribution in [0.15, 0.2) is 12.1 Å². The molecular formula is C12H14N2O6. The Morgan fingerprint density at radius 2 is 2.00 bits per heavy atom. The van der Waals surface area contributed by atoms with Gasteiger partial charge in [-0.25, -0.2) is 0 Å². The molecule has 1 aromatic carbocycles. The van der Waals surface area contributed by atoms with Gasteiger partial charge in [0.2, 0.25) is 0 Å². The zero-order valence-electron chi connectivity index (χ0n) is 11.0. The van der Waals surface area contributed by atoms with Crippen molar-refractivity contribution in [3.63, 3.8) is 0 Å². The first-order chi connectivity index (χ1) is 9.52. The van der Waals surface area contributed by atoms with Crippen LogP contribution in [0, 0.1) is 10.1 Å². The maximum absolute atomic E-state index is 11.8. The summed E-state index contributed by atoms with van der Waals surface area (Å²) in [5, 5.41) is 13.5. The van der Waals surface area contributed by atoms with Gasteiger partial charge in [-0.05, 0) is 6.92 Å². The molecule has 1 amide bonds. The van der Waals surface area contributed by atoms with Gasteiger partial charge in [-0.2, -0.15) is 0 Å². The van der Waals surface area contributed by atoms with Crippen molar-refractivity contribution in [3.05, 3.63) is 22.2 Å². The van der Waals surface area contributed by atoms with Crippen LogP contribution in [0.1, 0.15) is 6.92 Å². The molecule has 8 nitrogen and oxygen atoms in total. The van der Waals surface area contributed by atoms with E-state index in [1.807, 2.05) is 0 Å². The Kier molecular flexibility index (Phi) is 4.04. The molecule has 20 heavy (non-hydrogen) atoms. The molecule has 0 aliphatic carbocycles. The summed E-state index contributed by atoms with van der Waals surface area (Å²) >= 11 is 0. The second-order valence-corrected chi connectivity index (χ2v) is 4.14. The summed E-state index contributed by atoms with van der Waals surface area (Å²) < 4.78 is 15.5. The highest BCUT2D eigenvalue weighted by Gasteiger charge is 2.24. The molecule has 8 heteroatoms. The SMILES string of the molecule is COC(C)C(=O)Nc1cc2c(cc1[N+](=O)[O-])OCCO2. The lowest BCUT2D eigenvalue weighted by Crippen LogP contribution is -2.27. The minimum atomic E-state index is -0.720.